The Kier molecular flexibility index (Phi) is 5.21. The standard InChI is InChI=1S/C20H16N2O6/c1-12-17(10-13-2-8-16(9-3-13)28-11-18(23)24)19(25)22(21-12)15-6-4-14(5-7-15)20(26)27/h2-10H,11H2,1H3,(H,23,24)(H,26,27). The molecule has 0 atom stereocenters. The van der Waals surface area contributed by atoms with Gasteiger partial charge in [-0.1, -0.05) is 12.1 Å². The van der Waals surface area contributed by atoms with E-state index in [2.05, 4.69) is 5.10 Å². The van der Waals surface area contributed by atoms with Crippen LogP contribution in [0.15, 0.2) is 59.2 Å². The topological polar surface area (TPSA) is 117 Å². The molecule has 1 heterocycles. The molecular formula is C20H16N2O6. The highest BCUT2D eigenvalue weighted by molar-refractivity contribution is 6.32. The average Bonchev–Trinajstić information content (AvgIpc) is 2.95. The summed E-state index contributed by atoms with van der Waals surface area (Å²) in [6.07, 6.45) is 1.67. The molecule has 3 rings (SSSR count). The molecule has 142 valence electrons. The summed E-state index contributed by atoms with van der Waals surface area (Å²) in [4.78, 5) is 34.2. The quantitative estimate of drug-likeness (QED) is 0.744. The normalized spacial score (nSPS) is 14.9. The van der Waals surface area contributed by atoms with Crippen molar-refractivity contribution in [1.82, 2.24) is 0 Å². The van der Waals surface area contributed by atoms with Crippen molar-refractivity contribution >= 4 is 35.3 Å². The summed E-state index contributed by atoms with van der Waals surface area (Å²) in [5.74, 6) is -2.03. The lowest BCUT2D eigenvalue weighted by atomic mass is 10.1. The highest BCUT2D eigenvalue weighted by atomic mass is 16.5. The second-order valence-corrected chi connectivity index (χ2v) is 5.96. The number of ether oxygens (including phenoxy) is 1. The van der Waals surface area contributed by atoms with Gasteiger partial charge in [-0.05, 0) is 55.0 Å². The molecule has 8 nitrogen and oxygen atoms in total. The molecule has 2 N–H and O–H groups in total. The first-order valence-electron chi connectivity index (χ1n) is 8.25. The van der Waals surface area contributed by atoms with Crippen LogP contribution in [0.25, 0.3) is 6.08 Å². The predicted octanol–water partition coefficient (Wildman–Crippen LogP) is 2.65. The van der Waals surface area contributed by atoms with E-state index in [9.17, 15) is 14.4 Å². The van der Waals surface area contributed by atoms with Crippen LogP contribution >= 0.6 is 0 Å². The summed E-state index contributed by atoms with van der Waals surface area (Å²) in [5, 5.41) is 23.1. The molecule has 0 fully saturated rings. The van der Waals surface area contributed by atoms with Gasteiger partial charge in [-0.2, -0.15) is 10.1 Å². The van der Waals surface area contributed by atoms with E-state index in [1.807, 2.05) is 0 Å². The number of aliphatic carboxylic acids is 1. The van der Waals surface area contributed by atoms with Crippen LogP contribution in [-0.2, 0) is 9.59 Å². The highest BCUT2D eigenvalue weighted by Crippen LogP contribution is 2.25. The van der Waals surface area contributed by atoms with E-state index in [0.717, 1.165) is 5.56 Å². The van der Waals surface area contributed by atoms with E-state index in [0.29, 0.717) is 22.7 Å². The Morgan fingerprint density at radius 3 is 2.29 bits per heavy atom. The third-order valence-corrected chi connectivity index (χ3v) is 3.97. The first-order chi connectivity index (χ1) is 13.3. The van der Waals surface area contributed by atoms with Gasteiger partial charge in [0, 0.05) is 0 Å². The number of carbonyl (C=O) groups excluding carboxylic acids is 1. The lowest BCUT2D eigenvalue weighted by molar-refractivity contribution is -0.139. The van der Waals surface area contributed by atoms with Crippen LogP contribution in [0, 0.1) is 0 Å². The van der Waals surface area contributed by atoms with Gasteiger partial charge in [0.1, 0.15) is 5.75 Å². The lowest BCUT2D eigenvalue weighted by Gasteiger charge is -2.11. The molecule has 1 aliphatic rings. The number of hydrogen-bond donors (Lipinski definition) is 2. The Hall–Kier alpha value is -3.94. The molecule has 0 spiro atoms. The van der Waals surface area contributed by atoms with Crippen molar-refractivity contribution in [3.05, 3.63) is 65.2 Å². The van der Waals surface area contributed by atoms with Crippen LogP contribution < -0.4 is 9.75 Å². The lowest BCUT2D eigenvalue weighted by Crippen LogP contribution is -2.21. The van der Waals surface area contributed by atoms with E-state index in [-0.39, 0.29) is 11.5 Å². The molecule has 0 saturated heterocycles. The van der Waals surface area contributed by atoms with Gasteiger partial charge in [-0.15, -0.1) is 0 Å². The summed E-state index contributed by atoms with van der Waals surface area (Å²) >= 11 is 0. The van der Waals surface area contributed by atoms with Gasteiger partial charge in [0.25, 0.3) is 5.91 Å². The number of amides is 1. The minimum Gasteiger partial charge on any atom is -0.482 e. The maximum Gasteiger partial charge on any atom is 0.341 e. The van der Waals surface area contributed by atoms with Gasteiger partial charge in [-0.3, -0.25) is 4.79 Å². The fraction of sp³-hybridized carbons (Fsp3) is 0.100. The molecule has 0 bridgehead atoms. The van der Waals surface area contributed by atoms with Crippen molar-refractivity contribution in [2.24, 2.45) is 5.10 Å². The van der Waals surface area contributed by atoms with Crippen molar-refractivity contribution in [3.8, 4) is 5.75 Å². The number of rotatable bonds is 6. The number of carbonyl (C=O) groups is 3. The molecule has 8 heteroatoms. The SMILES string of the molecule is CC1=NN(c2ccc(C(=O)O)cc2)C(=O)C1=Cc1ccc(OCC(=O)O)cc1. The summed E-state index contributed by atoms with van der Waals surface area (Å²) < 4.78 is 5.08. The molecule has 28 heavy (non-hydrogen) atoms. The van der Waals surface area contributed by atoms with Gasteiger partial charge < -0.3 is 14.9 Å². The number of carboxylic acid groups (broad SMARTS) is 2. The number of hydrazone groups is 1. The van der Waals surface area contributed by atoms with Crippen molar-refractivity contribution in [2.75, 3.05) is 11.6 Å². The van der Waals surface area contributed by atoms with E-state index in [1.54, 1.807) is 37.3 Å². The first-order valence-corrected chi connectivity index (χ1v) is 8.25. The molecule has 0 aliphatic carbocycles. The molecule has 1 aliphatic heterocycles. The van der Waals surface area contributed by atoms with Gasteiger partial charge in [-0.25, -0.2) is 9.59 Å². The maximum absolute atomic E-state index is 12.7. The summed E-state index contributed by atoms with van der Waals surface area (Å²) in [5.41, 5.74) is 2.25. The van der Waals surface area contributed by atoms with Crippen LogP contribution in [0.4, 0.5) is 5.69 Å². The molecule has 0 saturated carbocycles. The molecule has 2 aromatic rings. The fourth-order valence-electron chi connectivity index (χ4n) is 2.58. The van der Waals surface area contributed by atoms with Crippen molar-refractivity contribution < 1.29 is 29.3 Å². The zero-order valence-electron chi connectivity index (χ0n) is 14.8. The average molecular weight is 380 g/mol. The Bertz CT molecular complexity index is 990. The Morgan fingerprint density at radius 2 is 1.71 bits per heavy atom. The minimum absolute atomic E-state index is 0.122. The van der Waals surface area contributed by atoms with Gasteiger partial charge >= 0.3 is 11.9 Å². The predicted molar refractivity (Wildman–Crippen MR) is 102 cm³/mol. The minimum atomic E-state index is -1.06. The first kappa shape index (κ1) is 18.8. The molecule has 0 radical (unpaired) electrons. The van der Waals surface area contributed by atoms with Crippen LogP contribution in [0.3, 0.4) is 0 Å². The van der Waals surface area contributed by atoms with Crippen LogP contribution in [0.5, 0.6) is 5.75 Å². The Balaban J connectivity index is 1.78. The van der Waals surface area contributed by atoms with Crippen molar-refractivity contribution in [3.63, 3.8) is 0 Å². The number of nitrogens with zero attached hydrogens (tertiary/aromatic N) is 2. The Morgan fingerprint density at radius 1 is 1.07 bits per heavy atom. The van der Waals surface area contributed by atoms with Gasteiger partial charge in [0.2, 0.25) is 0 Å². The number of benzene rings is 2. The zero-order chi connectivity index (χ0) is 20.3. The van der Waals surface area contributed by atoms with E-state index in [1.165, 1.54) is 29.3 Å². The van der Waals surface area contributed by atoms with Crippen molar-refractivity contribution in [2.45, 2.75) is 6.92 Å². The number of hydrogen-bond acceptors (Lipinski definition) is 5. The highest BCUT2D eigenvalue weighted by Gasteiger charge is 2.28. The maximum atomic E-state index is 12.7. The van der Waals surface area contributed by atoms with Gasteiger partial charge in [0.05, 0.1) is 22.5 Å². The molecular weight excluding hydrogens is 364 g/mol. The monoisotopic (exact) mass is 380 g/mol. The van der Waals surface area contributed by atoms with Gasteiger partial charge in [0.15, 0.2) is 6.61 Å². The Labute approximate surface area is 160 Å². The summed E-state index contributed by atoms with van der Waals surface area (Å²) in [6.45, 7) is 1.28. The van der Waals surface area contributed by atoms with E-state index in [4.69, 9.17) is 14.9 Å². The largest absolute Gasteiger partial charge is 0.482 e. The van der Waals surface area contributed by atoms with E-state index < -0.39 is 18.5 Å². The van der Waals surface area contributed by atoms with Crippen molar-refractivity contribution in [1.29, 1.82) is 0 Å². The summed E-state index contributed by atoms with van der Waals surface area (Å²) in [6, 6.07) is 12.5. The number of anilines is 1. The molecule has 0 aromatic heterocycles. The third-order valence-electron chi connectivity index (χ3n) is 3.97. The molecule has 0 unspecified atom stereocenters. The number of aromatic carboxylic acids is 1. The molecule has 1 amide bonds. The van der Waals surface area contributed by atoms with E-state index >= 15 is 0 Å². The smallest absolute Gasteiger partial charge is 0.341 e. The van der Waals surface area contributed by atoms with Crippen LogP contribution in [0.2, 0.25) is 0 Å². The summed E-state index contributed by atoms with van der Waals surface area (Å²) in [7, 11) is 0. The zero-order valence-corrected chi connectivity index (χ0v) is 14.8. The van der Waals surface area contributed by atoms with Crippen LogP contribution in [0.1, 0.15) is 22.8 Å². The fourth-order valence-corrected chi connectivity index (χ4v) is 2.58. The second kappa shape index (κ2) is 7.75. The second-order valence-electron chi connectivity index (χ2n) is 5.96. The van der Waals surface area contributed by atoms with Crippen LogP contribution in [-0.4, -0.2) is 40.4 Å². The third kappa shape index (κ3) is 4.07. The molecule has 2 aromatic carbocycles. The number of carboxylic acids is 2.